The second-order valence-electron chi connectivity index (χ2n) is 5.04. The maximum Gasteiger partial charge on any atom is 0.340 e. The molecule has 5 nitrogen and oxygen atoms in total. The molecule has 24 heavy (non-hydrogen) atoms. The monoisotopic (exact) mass is 338 g/mol. The number of carboxylic acid groups (broad SMARTS) is 1. The Morgan fingerprint density at radius 3 is 2.12 bits per heavy atom. The van der Waals surface area contributed by atoms with E-state index in [1.165, 1.54) is 0 Å². The fraction of sp³-hybridized carbons (Fsp3) is 0. The van der Waals surface area contributed by atoms with Gasteiger partial charge < -0.3 is 16.2 Å². The van der Waals surface area contributed by atoms with E-state index in [1.807, 2.05) is 18.2 Å². The summed E-state index contributed by atoms with van der Waals surface area (Å²) in [6.07, 6.45) is 0. The number of carbonyl (C=O) groups excluding carboxylic acids is 1. The highest BCUT2D eigenvalue weighted by Gasteiger charge is 2.26. The molecule has 0 amide bonds. The molecule has 120 valence electrons. The lowest BCUT2D eigenvalue weighted by Crippen LogP contribution is -2.06. The standard InChI is InChI=1S/C18H14N2O3S/c19-14-13(18(22)23)17(20-12-9-5-2-6-10-12)24-16(14)15(21)11-7-3-1-4-8-11/h1-10,20H,19H2,(H,22,23). The van der Waals surface area contributed by atoms with Gasteiger partial charge in [0.2, 0.25) is 5.78 Å². The number of nitrogen functional groups attached to an aromatic ring is 1. The minimum atomic E-state index is -1.17. The molecule has 0 bridgehead atoms. The van der Waals surface area contributed by atoms with Gasteiger partial charge in [0.05, 0.1) is 5.69 Å². The molecule has 0 saturated carbocycles. The van der Waals surface area contributed by atoms with E-state index in [1.54, 1.807) is 42.5 Å². The normalized spacial score (nSPS) is 10.3. The summed E-state index contributed by atoms with van der Waals surface area (Å²) < 4.78 is 0. The van der Waals surface area contributed by atoms with Crippen LogP contribution in [0.3, 0.4) is 0 Å². The summed E-state index contributed by atoms with van der Waals surface area (Å²) in [6, 6.07) is 17.8. The Labute approximate surface area is 142 Å². The lowest BCUT2D eigenvalue weighted by atomic mass is 10.1. The minimum absolute atomic E-state index is 0.0141. The van der Waals surface area contributed by atoms with Crippen LogP contribution in [0.2, 0.25) is 0 Å². The van der Waals surface area contributed by atoms with Crippen molar-refractivity contribution in [2.24, 2.45) is 0 Å². The number of nitrogens with two attached hydrogens (primary N) is 1. The van der Waals surface area contributed by atoms with Crippen LogP contribution in [0.5, 0.6) is 0 Å². The maximum atomic E-state index is 12.6. The molecule has 3 aromatic rings. The quantitative estimate of drug-likeness (QED) is 0.611. The fourth-order valence-corrected chi connectivity index (χ4v) is 3.38. The van der Waals surface area contributed by atoms with Gasteiger partial charge in [0.1, 0.15) is 15.4 Å². The third-order valence-electron chi connectivity index (χ3n) is 3.43. The van der Waals surface area contributed by atoms with E-state index in [0.717, 1.165) is 17.0 Å². The van der Waals surface area contributed by atoms with Gasteiger partial charge in [-0.2, -0.15) is 0 Å². The van der Waals surface area contributed by atoms with Crippen LogP contribution in [0, 0.1) is 0 Å². The van der Waals surface area contributed by atoms with E-state index >= 15 is 0 Å². The topological polar surface area (TPSA) is 92.4 Å². The van der Waals surface area contributed by atoms with Crippen LogP contribution >= 0.6 is 11.3 Å². The number of rotatable bonds is 5. The fourth-order valence-electron chi connectivity index (χ4n) is 2.29. The number of thiophene rings is 1. The summed E-state index contributed by atoms with van der Waals surface area (Å²) in [5.74, 6) is -1.46. The van der Waals surface area contributed by atoms with Crippen molar-refractivity contribution in [2.75, 3.05) is 11.1 Å². The van der Waals surface area contributed by atoms with Crippen LogP contribution in [0.1, 0.15) is 25.6 Å². The number of aromatic carboxylic acids is 1. The highest BCUT2D eigenvalue weighted by Crippen LogP contribution is 2.38. The molecule has 0 atom stereocenters. The number of para-hydroxylation sites is 1. The van der Waals surface area contributed by atoms with Gasteiger partial charge in [-0.1, -0.05) is 48.5 Å². The molecule has 0 saturated heterocycles. The number of benzene rings is 2. The molecular weight excluding hydrogens is 324 g/mol. The Morgan fingerprint density at radius 2 is 1.54 bits per heavy atom. The Morgan fingerprint density at radius 1 is 0.958 bits per heavy atom. The second-order valence-corrected chi connectivity index (χ2v) is 6.06. The molecule has 0 aliphatic heterocycles. The molecule has 6 heteroatoms. The van der Waals surface area contributed by atoms with Crippen molar-refractivity contribution in [3.8, 4) is 0 Å². The SMILES string of the molecule is Nc1c(C(=O)c2ccccc2)sc(Nc2ccccc2)c1C(=O)O. The predicted octanol–water partition coefficient (Wildman–Crippen LogP) is 4.00. The zero-order valence-electron chi connectivity index (χ0n) is 12.5. The number of anilines is 3. The van der Waals surface area contributed by atoms with Crippen molar-refractivity contribution in [3.05, 3.63) is 76.7 Å². The number of ketones is 1. The van der Waals surface area contributed by atoms with E-state index in [2.05, 4.69) is 5.32 Å². The van der Waals surface area contributed by atoms with Crippen molar-refractivity contribution in [2.45, 2.75) is 0 Å². The average molecular weight is 338 g/mol. The van der Waals surface area contributed by atoms with Gasteiger partial charge in [0, 0.05) is 11.3 Å². The van der Waals surface area contributed by atoms with Crippen molar-refractivity contribution >= 4 is 39.5 Å². The molecule has 4 N–H and O–H groups in total. The largest absolute Gasteiger partial charge is 0.478 e. The maximum absolute atomic E-state index is 12.6. The van der Waals surface area contributed by atoms with E-state index < -0.39 is 5.97 Å². The first-order valence-corrected chi connectivity index (χ1v) is 7.97. The number of hydrogen-bond acceptors (Lipinski definition) is 5. The molecule has 2 aromatic carbocycles. The van der Waals surface area contributed by atoms with E-state index in [9.17, 15) is 14.7 Å². The van der Waals surface area contributed by atoms with Crippen molar-refractivity contribution in [1.82, 2.24) is 0 Å². The highest BCUT2D eigenvalue weighted by molar-refractivity contribution is 7.19. The summed E-state index contributed by atoms with van der Waals surface area (Å²) in [7, 11) is 0. The number of carboxylic acids is 1. The average Bonchev–Trinajstić information content (AvgIpc) is 2.92. The Kier molecular flexibility index (Phi) is 4.31. The summed E-state index contributed by atoms with van der Waals surface area (Å²) in [5, 5.41) is 12.8. The smallest absolute Gasteiger partial charge is 0.340 e. The number of nitrogens with one attached hydrogen (secondary N) is 1. The number of hydrogen-bond donors (Lipinski definition) is 3. The summed E-state index contributed by atoms with van der Waals surface area (Å²) in [4.78, 5) is 24.4. The van der Waals surface area contributed by atoms with Gasteiger partial charge in [-0.3, -0.25) is 4.79 Å². The van der Waals surface area contributed by atoms with Crippen LogP contribution in [0.25, 0.3) is 0 Å². The van der Waals surface area contributed by atoms with Gasteiger partial charge in [-0.05, 0) is 12.1 Å². The first-order valence-electron chi connectivity index (χ1n) is 7.15. The van der Waals surface area contributed by atoms with Crippen molar-refractivity contribution in [3.63, 3.8) is 0 Å². The molecule has 1 aromatic heterocycles. The zero-order chi connectivity index (χ0) is 17.1. The van der Waals surface area contributed by atoms with Gasteiger partial charge in [0.15, 0.2) is 0 Å². The first-order chi connectivity index (χ1) is 11.6. The van der Waals surface area contributed by atoms with E-state index in [-0.39, 0.29) is 21.9 Å². The third kappa shape index (κ3) is 3.00. The summed E-state index contributed by atoms with van der Waals surface area (Å²) in [6.45, 7) is 0. The van der Waals surface area contributed by atoms with Crippen molar-refractivity contribution < 1.29 is 14.7 Å². The Bertz CT molecular complexity index is 889. The molecular formula is C18H14N2O3S. The van der Waals surface area contributed by atoms with E-state index in [4.69, 9.17) is 5.73 Å². The first kappa shape index (κ1) is 15.8. The third-order valence-corrected chi connectivity index (χ3v) is 4.55. The molecule has 0 spiro atoms. The van der Waals surface area contributed by atoms with Gasteiger partial charge >= 0.3 is 5.97 Å². The Hall–Kier alpha value is -3.12. The molecule has 1 heterocycles. The summed E-state index contributed by atoms with van der Waals surface area (Å²) >= 11 is 1.05. The molecule has 0 aliphatic carbocycles. The van der Waals surface area contributed by atoms with Crippen molar-refractivity contribution in [1.29, 1.82) is 0 Å². The molecule has 0 aliphatic rings. The number of carbonyl (C=O) groups is 2. The lowest BCUT2D eigenvalue weighted by molar-refractivity contribution is 0.0699. The van der Waals surface area contributed by atoms with Crippen LogP contribution < -0.4 is 11.1 Å². The molecule has 3 rings (SSSR count). The highest BCUT2D eigenvalue weighted by atomic mass is 32.1. The molecule has 0 fully saturated rings. The van der Waals surface area contributed by atoms with Gasteiger partial charge in [-0.25, -0.2) is 4.79 Å². The van der Waals surface area contributed by atoms with Crippen LogP contribution in [0.15, 0.2) is 60.7 Å². The van der Waals surface area contributed by atoms with E-state index in [0.29, 0.717) is 10.6 Å². The predicted molar refractivity (Wildman–Crippen MR) is 95.3 cm³/mol. The lowest BCUT2D eigenvalue weighted by Gasteiger charge is -2.04. The minimum Gasteiger partial charge on any atom is -0.478 e. The van der Waals surface area contributed by atoms with Crippen LogP contribution in [-0.4, -0.2) is 16.9 Å². The second kappa shape index (κ2) is 6.55. The summed E-state index contributed by atoms with van der Waals surface area (Å²) in [5.41, 5.74) is 7.06. The van der Waals surface area contributed by atoms with Gasteiger partial charge in [-0.15, -0.1) is 11.3 Å². The van der Waals surface area contributed by atoms with Crippen LogP contribution in [0.4, 0.5) is 16.4 Å². The zero-order valence-corrected chi connectivity index (χ0v) is 13.3. The molecule has 0 radical (unpaired) electrons. The van der Waals surface area contributed by atoms with Gasteiger partial charge in [0.25, 0.3) is 0 Å². The molecule has 0 unspecified atom stereocenters. The Balaban J connectivity index is 2.04. The van der Waals surface area contributed by atoms with Crippen LogP contribution in [-0.2, 0) is 0 Å².